The first-order valence-corrected chi connectivity index (χ1v) is 11.1. The Hall–Kier alpha value is -3.90. The van der Waals surface area contributed by atoms with Crippen LogP contribution in [-0.4, -0.2) is 0 Å². The molecule has 3 heteroatoms. The van der Waals surface area contributed by atoms with Gasteiger partial charge in [0.2, 0.25) is 5.69 Å². The largest absolute Gasteiger partial charge is 0.456 e. The number of aromatic nitrogens is 1. The molecular weight excluding hydrogens is 416 g/mol. The monoisotopic (exact) mass is 451 g/mol. The van der Waals surface area contributed by atoms with E-state index in [1.54, 1.807) is 24.6 Å². The number of hydrogen-bond acceptors (Lipinski definition) is 1. The van der Waals surface area contributed by atoms with Crippen molar-refractivity contribution in [3.63, 3.8) is 0 Å². The quantitative estimate of drug-likeness (QED) is 0.199. The minimum absolute atomic E-state index is 0.00143. The van der Waals surface area contributed by atoms with Crippen LogP contribution in [0.3, 0.4) is 0 Å². The number of benzene rings is 3. The fraction of sp³-hybridized carbons (Fsp3) is 0.226. The van der Waals surface area contributed by atoms with Crippen LogP contribution in [-0.2, 0) is 7.05 Å². The zero-order valence-electron chi connectivity index (χ0n) is 25.9. The Bertz CT molecular complexity index is 1850. The van der Waals surface area contributed by atoms with Gasteiger partial charge in [-0.25, -0.2) is 4.85 Å². The van der Waals surface area contributed by atoms with Crippen LogP contribution in [0.15, 0.2) is 65.0 Å². The Balaban J connectivity index is 1.89. The maximum atomic E-state index is 9.01. The van der Waals surface area contributed by atoms with Gasteiger partial charge in [0.15, 0.2) is 11.4 Å². The molecule has 0 N–H and O–H groups in total. The fourth-order valence-electron chi connectivity index (χ4n) is 4.61. The molecule has 1 unspecified atom stereocenters. The molecule has 0 aliphatic heterocycles. The average molecular weight is 452 g/mol. The second kappa shape index (κ2) is 8.15. The first kappa shape index (κ1) is 15.9. The lowest BCUT2D eigenvalue weighted by Gasteiger charge is -2.11. The molecule has 0 saturated heterocycles. The zero-order valence-corrected chi connectivity index (χ0v) is 19.9. The third-order valence-electron chi connectivity index (χ3n) is 6.57. The average Bonchev–Trinajstić information content (AvgIpc) is 3.26. The van der Waals surface area contributed by atoms with Gasteiger partial charge in [0.1, 0.15) is 18.2 Å². The van der Waals surface area contributed by atoms with Gasteiger partial charge in [0.05, 0.1) is 14.9 Å². The molecule has 3 aromatic carbocycles. The standard InChI is InChI=1S/C31H29N2O/c1-18(2)23-15-17-27(33(7)21(23)5)28-20(4)10-13-24-25-14-16-26(32-6)29(31(25)34-30(24)28)22-11-8-19(3)9-12-22/h8-18H,1-5,7H3/q+1/i1D3,15D,17D,18D. The number of fused-ring (bicyclic) bond motifs is 3. The topological polar surface area (TPSA) is 21.4 Å². The van der Waals surface area contributed by atoms with E-state index in [4.69, 9.17) is 19.2 Å². The van der Waals surface area contributed by atoms with Gasteiger partial charge in [0, 0.05) is 40.3 Å². The van der Waals surface area contributed by atoms with E-state index >= 15 is 0 Å². The van der Waals surface area contributed by atoms with Gasteiger partial charge < -0.3 is 4.42 Å². The molecule has 5 aromatic rings. The molecule has 5 rings (SSSR count). The molecule has 0 amide bonds. The van der Waals surface area contributed by atoms with Crippen molar-refractivity contribution in [3.8, 4) is 22.4 Å². The fourth-order valence-corrected chi connectivity index (χ4v) is 4.61. The Morgan fingerprint density at radius 1 is 0.971 bits per heavy atom. The SMILES string of the molecule is [2H]c1c([2H])c(-c2c(C)ccc3c2oc2c(-c4ccc(C)cc4)c([N+]#[C-])ccc23)[n+](C)c(C)c1C([2H])(C)C([2H])([2H])[2H]. The van der Waals surface area contributed by atoms with Crippen LogP contribution in [0, 0.1) is 27.3 Å². The summed E-state index contributed by atoms with van der Waals surface area (Å²) < 4.78 is 58.5. The summed E-state index contributed by atoms with van der Waals surface area (Å²) in [6, 6.07) is 15.0. The van der Waals surface area contributed by atoms with Gasteiger partial charge in [-0.05, 0) is 36.9 Å². The molecule has 0 spiro atoms. The summed E-state index contributed by atoms with van der Waals surface area (Å²) in [7, 11) is 1.72. The molecule has 3 nitrogen and oxygen atoms in total. The predicted octanol–water partition coefficient (Wildman–Crippen LogP) is 8.34. The van der Waals surface area contributed by atoms with Crippen molar-refractivity contribution in [1.29, 1.82) is 0 Å². The maximum absolute atomic E-state index is 9.01. The van der Waals surface area contributed by atoms with Gasteiger partial charge in [-0.3, -0.25) is 0 Å². The van der Waals surface area contributed by atoms with Gasteiger partial charge in [-0.1, -0.05) is 67.9 Å². The van der Waals surface area contributed by atoms with Gasteiger partial charge in [-0.2, -0.15) is 4.57 Å². The van der Waals surface area contributed by atoms with E-state index < -0.39 is 12.7 Å². The van der Waals surface area contributed by atoms with E-state index in [1.165, 1.54) is 6.92 Å². The van der Waals surface area contributed by atoms with E-state index in [1.807, 2.05) is 56.3 Å². The van der Waals surface area contributed by atoms with Crippen LogP contribution in [0.1, 0.15) is 50.3 Å². The minimum Gasteiger partial charge on any atom is -0.456 e. The van der Waals surface area contributed by atoms with Crippen molar-refractivity contribution in [1.82, 2.24) is 0 Å². The number of hydrogen-bond donors (Lipinski definition) is 0. The molecule has 168 valence electrons. The highest BCUT2D eigenvalue weighted by molar-refractivity contribution is 6.15. The van der Waals surface area contributed by atoms with Crippen LogP contribution in [0.25, 0.3) is 49.2 Å². The first-order valence-electron chi connectivity index (χ1n) is 14.1. The zero-order chi connectivity index (χ0) is 29.3. The maximum Gasteiger partial charge on any atom is 0.216 e. The molecule has 1 atom stereocenters. The van der Waals surface area contributed by atoms with E-state index in [0.29, 0.717) is 39.4 Å². The summed E-state index contributed by atoms with van der Waals surface area (Å²) in [4.78, 5) is 3.76. The number of aryl methyl sites for hydroxylation is 2. The van der Waals surface area contributed by atoms with Gasteiger partial charge in [0.25, 0.3) is 0 Å². The molecule has 2 heterocycles. The number of rotatable bonds is 3. The number of pyridine rings is 1. The molecule has 0 bridgehead atoms. The van der Waals surface area contributed by atoms with E-state index in [2.05, 4.69) is 4.85 Å². The molecule has 0 radical (unpaired) electrons. The van der Waals surface area contributed by atoms with Crippen LogP contribution < -0.4 is 4.57 Å². The van der Waals surface area contributed by atoms with E-state index in [0.717, 1.165) is 27.5 Å². The number of nitrogens with zero attached hydrogens (tertiary/aromatic N) is 2. The minimum atomic E-state index is -2.68. The van der Waals surface area contributed by atoms with Crippen molar-refractivity contribution in [2.45, 2.75) is 40.4 Å². The highest BCUT2D eigenvalue weighted by Gasteiger charge is 2.25. The number of furan rings is 1. The molecule has 34 heavy (non-hydrogen) atoms. The lowest BCUT2D eigenvalue weighted by Crippen LogP contribution is -2.36. The van der Waals surface area contributed by atoms with Gasteiger partial charge >= 0.3 is 0 Å². The van der Waals surface area contributed by atoms with Crippen LogP contribution in [0.2, 0.25) is 0 Å². The molecule has 0 saturated carbocycles. The Morgan fingerprint density at radius 3 is 2.32 bits per heavy atom. The Kier molecular flexibility index (Phi) is 3.80. The summed E-state index contributed by atoms with van der Waals surface area (Å²) in [5.74, 6) is -2.07. The molecule has 2 aromatic heterocycles. The first-order chi connectivity index (χ1) is 18.7. The third kappa shape index (κ3) is 3.30. The smallest absolute Gasteiger partial charge is 0.216 e. The summed E-state index contributed by atoms with van der Waals surface area (Å²) in [6.45, 7) is 12.0. The Labute approximate surface area is 209 Å². The van der Waals surface area contributed by atoms with Crippen LogP contribution in [0.4, 0.5) is 5.69 Å². The Morgan fingerprint density at radius 2 is 1.65 bits per heavy atom. The molecule has 0 aliphatic carbocycles. The highest BCUT2D eigenvalue weighted by atomic mass is 16.3. The summed E-state index contributed by atoms with van der Waals surface area (Å²) in [5, 5.41) is 1.63. The second-order valence-corrected chi connectivity index (χ2v) is 8.79. The third-order valence-corrected chi connectivity index (χ3v) is 6.57. The summed E-state index contributed by atoms with van der Waals surface area (Å²) in [6.07, 6.45) is 0. The lowest BCUT2D eigenvalue weighted by atomic mass is 9.96. The van der Waals surface area contributed by atoms with Crippen LogP contribution >= 0.6 is 0 Å². The van der Waals surface area contributed by atoms with E-state index in [9.17, 15) is 0 Å². The summed E-state index contributed by atoms with van der Waals surface area (Å²) in [5.41, 5.74) is 6.46. The van der Waals surface area contributed by atoms with Crippen molar-refractivity contribution in [2.75, 3.05) is 0 Å². The van der Waals surface area contributed by atoms with E-state index in [-0.39, 0.29) is 17.6 Å². The van der Waals surface area contributed by atoms with Crippen molar-refractivity contribution in [2.24, 2.45) is 7.05 Å². The molecule has 0 fully saturated rings. The second-order valence-electron chi connectivity index (χ2n) is 8.79. The van der Waals surface area contributed by atoms with Crippen molar-refractivity contribution < 1.29 is 17.2 Å². The normalized spacial score (nSPS) is 16.1. The molecule has 0 aliphatic rings. The van der Waals surface area contributed by atoms with Gasteiger partial charge in [-0.15, -0.1) is 0 Å². The lowest BCUT2D eigenvalue weighted by molar-refractivity contribution is -0.667. The summed E-state index contributed by atoms with van der Waals surface area (Å²) >= 11 is 0. The molecular formula is C31H29N2O+. The van der Waals surface area contributed by atoms with Crippen LogP contribution in [0.5, 0.6) is 0 Å². The van der Waals surface area contributed by atoms with Crippen molar-refractivity contribution in [3.05, 3.63) is 94.4 Å². The highest BCUT2D eigenvalue weighted by Crippen LogP contribution is 2.44. The predicted molar refractivity (Wildman–Crippen MR) is 140 cm³/mol. The van der Waals surface area contributed by atoms with Crippen molar-refractivity contribution >= 4 is 27.6 Å².